The van der Waals surface area contributed by atoms with Crippen LogP contribution in [0.2, 0.25) is 0 Å². The van der Waals surface area contributed by atoms with Crippen LogP contribution in [0.15, 0.2) is 0 Å². The van der Waals surface area contributed by atoms with Crippen LogP contribution >= 0.6 is 17.0 Å². The summed E-state index contributed by atoms with van der Waals surface area (Å²) >= 11 is -0.826. The fourth-order valence-corrected chi connectivity index (χ4v) is 5.09. The van der Waals surface area contributed by atoms with E-state index in [1.54, 1.807) is 0 Å². The second-order valence-corrected chi connectivity index (χ2v) is 11.5. The molecule has 0 N–H and O–H groups in total. The van der Waals surface area contributed by atoms with Crippen LogP contribution < -0.4 is 0 Å². The zero-order valence-electron chi connectivity index (χ0n) is 16.9. The Labute approximate surface area is 172 Å². The summed E-state index contributed by atoms with van der Waals surface area (Å²) in [6.07, 6.45) is 16.5. The van der Waals surface area contributed by atoms with Gasteiger partial charge < -0.3 is 14.9 Å². The summed E-state index contributed by atoms with van der Waals surface area (Å²) in [4.78, 5) is 0. The van der Waals surface area contributed by atoms with Crippen LogP contribution in [-0.2, 0) is 20.8 Å². The minimum atomic E-state index is -0.826. The minimum absolute atomic E-state index is 0. The van der Waals surface area contributed by atoms with E-state index in [0.717, 1.165) is 29.6 Å². The van der Waals surface area contributed by atoms with Crippen LogP contribution in [0, 0.1) is 44.4 Å². The molecule has 4 unspecified atom stereocenters. The summed E-state index contributed by atoms with van der Waals surface area (Å²) in [5, 5.41) is 0. The molecule has 3 rings (SSSR count). The van der Waals surface area contributed by atoms with E-state index in [1.807, 2.05) is 0 Å². The van der Waals surface area contributed by atoms with E-state index in [-0.39, 0.29) is 14.9 Å². The quantitative estimate of drug-likeness (QED) is 0.364. The predicted molar refractivity (Wildman–Crippen MR) is 110 cm³/mol. The molecule has 24 heavy (non-hydrogen) atoms. The first-order valence-electron chi connectivity index (χ1n) is 9.60. The molecule has 0 saturated heterocycles. The molecule has 0 bridgehead atoms. The van der Waals surface area contributed by atoms with Gasteiger partial charge in [0.15, 0.2) is 0 Å². The molecular formula is C21H42Cl2Zr. The topological polar surface area (TPSA) is 0 Å². The van der Waals surface area contributed by atoms with Crippen LogP contribution in [0.3, 0.4) is 0 Å². The van der Waals surface area contributed by atoms with Gasteiger partial charge in [0.1, 0.15) is 0 Å². The maximum absolute atomic E-state index is 4.93. The van der Waals surface area contributed by atoms with Gasteiger partial charge in [-0.25, -0.2) is 0 Å². The molecule has 0 aromatic heterocycles. The summed E-state index contributed by atoms with van der Waals surface area (Å²) in [5.41, 5.74) is 0. The Hall–Kier alpha value is 1.46. The van der Waals surface area contributed by atoms with Gasteiger partial charge >= 0.3 is 37.9 Å². The molecule has 0 amide bonds. The molecule has 0 aromatic carbocycles. The van der Waals surface area contributed by atoms with Gasteiger partial charge in [-0.3, -0.25) is 0 Å². The molecule has 0 aromatic rings. The average Bonchev–Trinajstić information content (AvgIpc) is 3.16. The van der Waals surface area contributed by atoms with E-state index >= 15 is 0 Å². The van der Waals surface area contributed by atoms with Crippen LogP contribution in [0.1, 0.15) is 91.4 Å². The molecule has 4 atom stereocenters. The zero-order valence-corrected chi connectivity index (χ0v) is 20.9. The molecule has 0 aliphatic heterocycles. The van der Waals surface area contributed by atoms with E-state index in [9.17, 15) is 0 Å². The number of rotatable bonds is 2. The SMILES string of the molecule is CC1CCC(C)C2CCCC12.CCCC1CCCC1.[CH3-].[CH3-].[Cl][Zr+2][Cl]. The summed E-state index contributed by atoms with van der Waals surface area (Å²) < 4.78 is 0. The van der Waals surface area contributed by atoms with Gasteiger partial charge in [0.25, 0.3) is 0 Å². The van der Waals surface area contributed by atoms with E-state index in [1.165, 1.54) is 70.6 Å². The van der Waals surface area contributed by atoms with Gasteiger partial charge in [0.05, 0.1) is 0 Å². The first-order valence-corrected chi connectivity index (χ1v) is 15.9. The Morgan fingerprint density at radius 3 is 1.54 bits per heavy atom. The van der Waals surface area contributed by atoms with Gasteiger partial charge in [0, 0.05) is 0 Å². The van der Waals surface area contributed by atoms with E-state index < -0.39 is 20.8 Å². The van der Waals surface area contributed by atoms with Crippen LogP contribution in [0.5, 0.6) is 0 Å². The van der Waals surface area contributed by atoms with Crippen molar-refractivity contribution >= 4 is 17.0 Å². The zero-order chi connectivity index (χ0) is 16.4. The van der Waals surface area contributed by atoms with Crippen molar-refractivity contribution in [2.75, 3.05) is 0 Å². The standard InChI is InChI=1S/C11H20.C8H16.2CH3.2ClH.Zr/c1-8-6-7-9(2)11-5-3-4-10(8)11;1-2-5-8-6-3-4-7-8;;;;;/h8-11H,3-7H2,1-2H3;8H,2-7H2,1H3;2*1H3;2*1H;/q;;2*-1;;;+4/p-2. The Kier molecular flexibility index (Phi) is 19.2. The molecule has 0 heterocycles. The molecule has 0 nitrogen and oxygen atoms in total. The van der Waals surface area contributed by atoms with E-state index in [0.29, 0.717) is 0 Å². The third-order valence-corrected chi connectivity index (χ3v) is 6.34. The molecule has 144 valence electrons. The monoisotopic (exact) mass is 454 g/mol. The third-order valence-electron chi connectivity index (χ3n) is 6.34. The first kappa shape index (κ1) is 27.7. The maximum atomic E-state index is 4.93. The number of halogens is 2. The molecule has 0 radical (unpaired) electrons. The van der Waals surface area contributed by atoms with Crippen molar-refractivity contribution in [1.82, 2.24) is 0 Å². The molecule has 3 saturated carbocycles. The van der Waals surface area contributed by atoms with Gasteiger partial charge in [-0.1, -0.05) is 78.6 Å². The van der Waals surface area contributed by atoms with Gasteiger partial charge in [-0.15, -0.1) is 0 Å². The Morgan fingerprint density at radius 2 is 1.17 bits per heavy atom. The summed E-state index contributed by atoms with van der Waals surface area (Å²) in [6.45, 7) is 7.22. The van der Waals surface area contributed by atoms with Gasteiger partial charge in [0.2, 0.25) is 0 Å². The molecule has 0 spiro atoms. The normalized spacial score (nSPS) is 31.0. The third kappa shape index (κ3) is 9.97. The molecule has 3 aliphatic carbocycles. The second kappa shape index (κ2) is 16.6. The Bertz CT molecular complexity index is 251. The van der Waals surface area contributed by atoms with E-state index in [2.05, 4.69) is 20.8 Å². The molecule has 3 aliphatic rings. The molecule has 3 heteroatoms. The van der Waals surface area contributed by atoms with Crippen molar-refractivity contribution in [3.05, 3.63) is 14.9 Å². The van der Waals surface area contributed by atoms with Crippen molar-refractivity contribution in [2.45, 2.75) is 91.4 Å². The number of hydrogen-bond donors (Lipinski definition) is 0. The second-order valence-electron chi connectivity index (χ2n) is 7.80. The molecular weight excluding hydrogens is 414 g/mol. The number of fused-ring (bicyclic) bond motifs is 1. The average molecular weight is 457 g/mol. The summed E-state index contributed by atoms with van der Waals surface area (Å²) in [6, 6.07) is 0. The predicted octanol–water partition coefficient (Wildman–Crippen LogP) is 8.72. The van der Waals surface area contributed by atoms with Crippen LogP contribution in [-0.4, -0.2) is 0 Å². The fourth-order valence-electron chi connectivity index (χ4n) is 5.09. The summed E-state index contributed by atoms with van der Waals surface area (Å²) in [7, 11) is 9.87. The molecule has 3 fully saturated rings. The van der Waals surface area contributed by atoms with Crippen molar-refractivity contribution in [3.8, 4) is 0 Å². The van der Waals surface area contributed by atoms with Crippen molar-refractivity contribution in [3.63, 3.8) is 0 Å². The van der Waals surface area contributed by atoms with Crippen molar-refractivity contribution in [2.24, 2.45) is 29.6 Å². The van der Waals surface area contributed by atoms with Crippen molar-refractivity contribution in [1.29, 1.82) is 0 Å². The number of hydrogen-bond acceptors (Lipinski definition) is 0. The van der Waals surface area contributed by atoms with Gasteiger partial charge in [-0.2, -0.15) is 0 Å². The van der Waals surface area contributed by atoms with Crippen molar-refractivity contribution < 1.29 is 20.8 Å². The van der Waals surface area contributed by atoms with E-state index in [4.69, 9.17) is 17.0 Å². The van der Waals surface area contributed by atoms with Gasteiger partial charge in [-0.05, 0) is 42.4 Å². The van der Waals surface area contributed by atoms with Crippen LogP contribution in [0.4, 0.5) is 0 Å². The Balaban J connectivity index is 0. The van der Waals surface area contributed by atoms with Crippen LogP contribution in [0.25, 0.3) is 0 Å². The fraction of sp³-hybridized carbons (Fsp3) is 0.905. The Morgan fingerprint density at radius 1 is 0.750 bits per heavy atom. The first-order chi connectivity index (χ1) is 10.6. The summed E-state index contributed by atoms with van der Waals surface area (Å²) in [5.74, 6) is 5.41.